The molecule has 0 aromatic rings. The average Bonchev–Trinajstić information content (AvgIpc) is 2.41. The van der Waals surface area contributed by atoms with Crippen molar-refractivity contribution in [1.29, 1.82) is 0 Å². The zero-order chi connectivity index (χ0) is 14.1. The lowest BCUT2D eigenvalue weighted by molar-refractivity contribution is -0.908. The third-order valence-electron chi connectivity index (χ3n) is 5.18. The van der Waals surface area contributed by atoms with E-state index >= 15 is 0 Å². The molecule has 114 valence electrons. The lowest BCUT2D eigenvalue weighted by Gasteiger charge is -2.33. The van der Waals surface area contributed by atoms with Crippen molar-refractivity contribution in [3.8, 4) is 0 Å². The maximum Gasteiger partial charge on any atom is 0.0784 e. The fourth-order valence-corrected chi connectivity index (χ4v) is 3.42. The summed E-state index contributed by atoms with van der Waals surface area (Å²) < 4.78 is 1.28. The molecule has 19 heavy (non-hydrogen) atoms. The summed E-state index contributed by atoms with van der Waals surface area (Å²) in [6.07, 6.45) is 10.0. The first-order valence-corrected chi connectivity index (χ1v) is 8.61. The van der Waals surface area contributed by atoms with Crippen molar-refractivity contribution in [2.24, 2.45) is 5.92 Å². The molecule has 0 bridgehead atoms. The standard InChI is InChI=1S/C17H37N2/c1-5-15-19(4,6-2)16-9-7-8-10-17-11-13-18(3)14-12-17/h17H,5-16H2,1-4H3/q+1. The van der Waals surface area contributed by atoms with Crippen molar-refractivity contribution in [2.45, 2.75) is 58.8 Å². The first kappa shape index (κ1) is 17.0. The van der Waals surface area contributed by atoms with Gasteiger partial charge in [-0.1, -0.05) is 19.8 Å². The molecule has 0 saturated carbocycles. The van der Waals surface area contributed by atoms with Crippen molar-refractivity contribution in [3.63, 3.8) is 0 Å². The zero-order valence-electron chi connectivity index (χ0n) is 14.0. The normalized spacial score (nSPS) is 21.5. The molecule has 1 aliphatic heterocycles. The molecule has 1 fully saturated rings. The number of quaternary nitrogens is 1. The molecule has 1 rings (SSSR count). The van der Waals surface area contributed by atoms with Crippen LogP contribution in [0.2, 0.25) is 0 Å². The lowest BCUT2D eigenvalue weighted by atomic mass is 9.91. The van der Waals surface area contributed by atoms with Gasteiger partial charge in [0.2, 0.25) is 0 Å². The smallest absolute Gasteiger partial charge is 0.0784 e. The minimum atomic E-state index is 1.03. The summed E-state index contributed by atoms with van der Waals surface area (Å²) in [5, 5.41) is 0. The molecule has 2 nitrogen and oxygen atoms in total. The molecule has 0 aromatic carbocycles. The summed E-state index contributed by atoms with van der Waals surface area (Å²) >= 11 is 0. The minimum absolute atomic E-state index is 1.03. The highest BCUT2D eigenvalue weighted by molar-refractivity contribution is 4.69. The van der Waals surface area contributed by atoms with Gasteiger partial charge in [0, 0.05) is 0 Å². The van der Waals surface area contributed by atoms with Gasteiger partial charge < -0.3 is 9.38 Å². The second-order valence-corrected chi connectivity index (χ2v) is 6.98. The fraction of sp³-hybridized carbons (Fsp3) is 1.00. The number of unbranched alkanes of at least 4 members (excludes halogenated alkanes) is 2. The predicted octanol–water partition coefficient (Wildman–Crippen LogP) is 3.77. The van der Waals surface area contributed by atoms with Gasteiger partial charge in [-0.2, -0.15) is 0 Å². The van der Waals surface area contributed by atoms with Crippen LogP contribution in [0.25, 0.3) is 0 Å². The highest BCUT2D eigenvalue weighted by Gasteiger charge is 2.18. The highest BCUT2D eigenvalue weighted by Crippen LogP contribution is 2.22. The SMILES string of the molecule is CCC[N+](C)(CC)CCCCCC1CCN(C)CC1. The third kappa shape index (κ3) is 6.76. The molecule has 1 atom stereocenters. The molecule has 0 radical (unpaired) electrons. The molecule has 0 amide bonds. The molecule has 2 heteroatoms. The van der Waals surface area contributed by atoms with Crippen LogP contribution >= 0.6 is 0 Å². The van der Waals surface area contributed by atoms with Gasteiger partial charge in [0.05, 0.1) is 26.7 Å². The van der Waals surface area contributed by atoms with Gasteiger partial charge in [0.25, 0.3) is 0 Å². The summed E-state index contributed by atoms with van der Waals surface area (Å²) in [5.41, 5.74) is 0. The molecular weight excluding hydrogens is 232 g/mol. The Labute approximate surface area is 121 Å². The Morgan fingerprint density at radius 1 is 1.00 bits per heavy atom. The van der Waals surface area contributed by atoms with Gasteiger partial charge in [-0.15, -0.1) is 0 Å². The molecule has 1 saturated heterocycles. The fourth-order valence-electron chi connectivity index (χ4n) is 3.42. The van der Waals surface area contributed by atoms with Crippen molar-refractivity contribution in [1.82, 2.24) is 4.90 Å². The van der Waals surface area contributed by atoms with E-state index in [4.69, 9.17) is 0 Å². The first-order chi connectivity index (χ1) is 9.09. The second kappa shape index (κ2) is 8.97. The minimum Gasteiger partial charge on any atom is -0.326 e. The summed E-state index contributed by atoms with van der Waals surface area (Å²) in [5.74, 6) is 1.03. The Morgan fingerprint density at radius 2 is 1.68 bits per heavy atom. The maximum atomic E-state index is 2.48. The van der Waals surface area contributed by atoms with Crippen molar-refractivity contribution < 1.29 is 4.48 Å². The topological polar surface area (TPSA) is 3.24 Å². The van der Waals surface area contributed by atoms with E-state index in [0.717, 1.165) is 5.92 Å². The molecule has 1 aliphatic rings. The van der Waals surface area contributed by atoms with Gasteiger partial charge in [-0.05, 0) is 65.1 Å². The van der Waals surface area contributed by atoms with Crippen LogP contribution in [0.3, 0.4) is 0 Å². The number of hydrogen-bond donors (Lipinski definition) is 0. The van der Waals surface area contributed by atoms with E-state index in [2.05, 4.69) is 32.8 Å². The Morgan fingerprint density at radius 3 is 2.26 bits per heavy atom. The Bertz CT molecular complexity index is 221. The molecule has 0 spiro atoms. The monoisotopic (exact) mass is 269 g/mol. The van der Waals surface area contributed by atoms with E-state index < -0.39 is 0 Å². The lowest BCUT2D eigenvalue weighted by Crippen LogP contribution is -2.45. The molecule has 0 N–H and O–H groups in total. The predicted molar refractivity (Wildman–Crippen MR) is 85.4 cm³/mol. The average molecular weight is 269 g/mol. The van der Waals surface area contributed by atoms with Gasteiger partial charge >= 0.3 is 0 Å². The molecule has 1 heterocycles. The Hall–Kier alpha value is -0.0800. The zero-order valence-corrected chi connectivity index (χ0v) is 14.0. The maximum absolute atomic E-state index is 2.48. The van der Waals surface area contributed by atoms with E-state index in [0.29, 0.717) is 0 Å². The van der Waals surface area contributed by atoms with Crippen LogP contribution in [0, 0.1) is 5.92 Å². The Balaban J connectivity index is 2.04. The van der Waals surface area contributed by atoms with Crippen LogP contribution in [-0.2, 0) is 0 Å². The van der Waals surface area contributed by atoms with Gasteiger partial charge in [0.1, 0.15) is 0 Å². The number of likely N-dealkylation sites (tertiary alicyclic amines) is 1. The van der Waals surface area contributed by atoms with Crippen molar-refractivity contribution in [3.05, 3.63) is 0 Å². The van der Waals surface area contributed by atoms with Crippen LogP contribution in [-0.4, -0.2) is 56.2 Å². The second-order valence-electron chi connectivity index (χ2n) is 6.98. The number of piperidine rings is 1. The number of nitrogens with zero attached hydrogens (tertiary/aromatic N) is 2. The van der Waals surface area contributed by atoms with Gasteiger partial charge in [-0.25, -0.2) is 0 Å². The van der Waals surface area contributed by atoms with Crippen LogP contribution in [0.5, 0.6) is 0 Å². The van der Waals surface area contributed by atoms with Crippen LogP contribution < -0.4 is 0 Å². The van der Waals surface area contributed by atoms with E-state index in [1.54, 1.807) is 0 Å². The molecule has 0 aromatic heterocycles. The summed E-state index contributed by atoms with van der Waals surface area (Å²) in [6, 6.07) is 0. The van der Waals surface area contributed by atoms with E-state index in [-0.39, 0.29) is 0 Å². The van der Waals surface area contributed by atoms with E-state index in [1.807, 2.05) is 0 Å². The van der Waals surface area contributed by atoms with Crippen LogP contribution in [0.15, 0.2) is 0 Å². The van der Waals surface area contributed by atoms with Crippen LogP contribution in [0.1, 0.15) is 58.8 Å². The summed E-state index contributed by atoms with van der Waals surface area (Å²) in [6.45, 7) is 11.3. The van der Waals surface area contributed by atoms with Crippen LogP contribution in [0.4, 0.5) is 0 Å². The van der Waals surface area contributed by atoms with E-state index in [1.165, 1.54) is 82.2 Å². The van der Waals surface area contributed by atoms with Gasteiger partial charge in [0.15, 0.2) is 0 Å². The molecular formula is C17H37N2+. The van der Waals surface area contributed by atoms with Gasteiger partial charge in [-0.3, -0.25) is 0 Å². The highest BCUT2D eigenvalue weighted by atomic mass is 15.3. The number of rotatable bonds is 9. The first-order valence-electron chi connectivity index (χ1n) is 8.61. The largest absolute Gasteiger partial charge is 0.326 e. The third-order valence-corrected chi connectivity index (χ3v) is 5.18. The van der Waals surface area contributed by atoms with Crippen molar-refractivity contribution >= 4 is 0 Å². The summed E-state index contributed by atoms with van der Waals surface area (Å²) in [7, 11) is 4.69. The number of hydrogen-bond acceptors (Lipinski definition) is 1. The van der Waals surface area contributed by atoms with Crippen molar-refractivity contribution in [2.75, 3.05) is 46.8 Å². The Kier molecular flexibility index (Phi) is 8.01. The molecule has 0 aliphatic carbocycles. The molecule has 1 unspecified atom stereocenters. The van der Waals surface area contributed by atoms with E-state index in [9.17, 15) is 0 Å². The summed E-state index contributed by atoms with van der Waals surface area (Å²) in [4.78, 5) is 2.48. The quantitative estimate of drug-likeness (QED) is 0.455.